The number of aliphatic carboxylic acids is 1. The number of amides is 1. The van der Waals surface area contributed by atoms with Gasteiger partial charge < -0.3 is 20.5 Å². The molecule has 0 aliphatic carbocycles. The van der Waals surface area contributed by atoms with E-state index in [1.165, 1.54) is 13.2 Å². The molecule has 1 aromatic heterocycles. The van der Waals surface area contributed by atoms with Crippen molar-refractivity contribution in [1.82, 2.24) is 15.2 Å². The average Bonchev–Trinajstić information content (AvgIpc) is 2.96. The van der Waals surface area contributed by atoms with Crippen LogP contribution in [-0.4, -0.2) is 53.6 Å². The topological polar surface area (TPSA) is 104 Å². The van der Waals surface area contributed by atoms with Gasteiger partial charge in [-0.3, -0.25) is 14.5 Å². The zero-order chi connectivity index (χ0) is 30.2. The summed E-state index contributed by atoms with van der Waals surface area (Å²) in [5, 5.41) is 15.4. The summed E-state index contributed by atoms with van der Waals surface area (Å²) in [7, 11) is 1.52. The van der Waals surface area contributed by atoms with E-state index in [9.17, 15) is 9.59 Å². The standard InChI is InChI=1S/C34H33FN4O4/c1-19-24(22-12-29(35)28(31(13-22)43-3)18-39-16-23(17-39)34(41)42)6-4-7-25(19)26-8-5-9-30(20(26)2)38-32-14-21-10-11-36-33(40)27(21)15-37-32/h4-9,12-15,23H,10-11,16-18H2,1-3H3,(H,36,40)(H,37,38)(H,41,42). The van der Waals surface area contributed by atoms with Crippen molar-refractivity contribution in [2.75, 3.05) is 32.1 Å². The Morgan fingerprint density at radius 3 is 2.53 bits per heavy atom. The van der Waals surface area contributed by atoms with Gasteiger partial charge in [0.05, 0.1) is 18.6 Å². The van der Waals surface area contributed by atoms with Crippen LogP contribution in [0.4, 0.5) is 15.9 Å². The normalized spacial score (nSPS) is 14.9. The number of fused-ring (bicyclic) bond motifs is 1. The molecule has 6 rings (SSSR count). The molecule has 0 atom stereocenters. The number of carboxylic acids is 1. The molecular formula is C34H33FN4O4. The summed E-state index contributed by atoms with van der Waals surface area (Å²) in [6.07, 6.45) is 2.38. The lowest BCUT2D eigenvalue weighted by Gasteiger charge is -2.36. The minimum Gasteiger partial charge on any atom is -0.496 e. The van der Waals surface area contributed by atoms with Crippen LogP contribution in [0.25, 0.3) is 22.3 Å². The summed E-state index contributed by atoms with van der Waals surface area (Å²) in [5.41, 5.74) is 8.62. The third kappa shape index (κ3) is 5.44. The molecule has 0 bridgehead atoms. The molecule has 43 heavy (non-hydrogen) atoms. The van der Waals surface area contributed by atoms with Gasteiger partial charge in [0, 0.05) is 43.6 Å². The molecule has 9 heteroatoms. The van der Waals surface area contributed by atoms with Crippen LogP contribution in [0.2, 0.25) is 0 Å². The number of carbonyl (C=O) groups excluding carboxylic acids is 1. The second kappa shape index (κ2) is 11.5. The number of anilines is 2. The predicted molar refractivity (Wildman–Crippen MR) is 163 cm³/mol. The minimum atomic E-state index is -0.823. The molecule has 3 aromatic carbocycles. The maximum atomic E-state index is 15.5. The first-order valence-electron chi connectivity index (χ1n) is 14.3. The van der Waals surface area contributed by atoms with Gasteiger partial charge in [-0.25, -0.2) is 9.37 Å². The number of carboxylic acid groups (broad SMARTS) is 1. The van der Waals surface area contributed by atoms with Crippen molar-refractivity contribution in [3.8, 4) is 28.0 Å². The monoisotopic (exact) mass is 580 g/mol. The predicted octanol–water partition coefficient (Wildman–Crippen LogP) is 5.73. The number of pyridine rings is 1. The van der Waals surface area contributed by atoms with Gasteiger partial charge in [-0.1, -0.05) is 30.3 Å². The van der Waals surface area contributed by atoms with Crippen molar-refractivity contribution >= 4 is 23.4 Å². The second-order valence-corrected chi connectivity index (χ2v) is 11.2. The highest BCUT2D eigenvalue weighted by Gasteiger charge is 2.33. The van der Waals surface area contributed by atoms with Crippen molar-refractivity contribution in [1.29, 1.82) is 0 Å². The summed E-state index contributed by atoms with van der Waals surface area (Å²) in [5.74, 6) is -0.583. The third-order valence-electron chi connectivity index (χ3n) is 8.51. The first kappa shape index (κ1) is 28.4. The van der Waals surface area contributed by atoms with Gasteiger partial charge in [0.1, 0.15) is 17.4 Å². The van der Waals surface area contributed by atoms with Crippen LogP contribution >= 0.6 is 0 Å². The van der Waals surface area contributed by atoms with Gasteiger partial charge in [-0.15, -0.1) is 0 Å². The first-order chi connectivity index (χ1) is 20.7. The van der Waals surface area contributed by atoms with E-state index >= 15 is 4.39 Å². The van der Waals surface area contributed by atoms with Gasteiger partial charge in [0.2, 0.25) is 0 Å². The van der Waals surface area contributed by atoms with E-state index in [-0.39, 0.29) is 11.7 Å². The number of ether oxygens (including phenoxy) is 1. The number of carbonyl (C=O) groups is 2. The SMILES string of the molecule is COc1cc(-c2cccc(-c3cccc(Nc4cc5c(cn4)C(=O)NCC5)c3C)c2C)cc(F)c1CN1CC(C(=O)O)C1. The number of rotatable bonds is 8. The van der Waals surface area contributed by atoms with Gasteiger partial charge in [-0.2, -0.15) is 0 Å². The lowest BCUT2D eigenvalue weighted by atomic mass is 9.90. The molecule has 1 fully saturated rings. The van der Waals surface area contributed by atoms with E-state index in [4.69, 9.17) is 9.84 Å². The van der Waals surface area contributed by atoms with Gasteiger partial charge in [0.15, 0.2) is 0 Å². The number of aromatic nitrogens is 1. The van der Waals surface area contributed by atoms with E-state index in [0.29, 0.717) is 54.4 Å². The van der Waals surface area contributed by atoms with Gasteiger partial charge in [0.25, 0.3) is 5.91 Å². The molecule has 0 saturated carbocycles. The number of hydrogen-bond donors (Lipinski definition) is 3. The summed E-state index contributed by atoms with van der Waals surface area (Å²) in [6.45, 7) is 5.79. The highest BCUT2D eigenvalue weighted by atomic mass is 19.1. The van der Waals surface area contributed by atoms with Gasteiger partial charge >= 0.3 is 5.97 Å². The van der Waals surface area contributed by atoms with E-state index in [2.05, 4.69) is 34.7 Å². The molecule has 0 spiro atoms. The number of benzene rings is 3. The average molecular weight is 581 g/mol. The van der Waals surface area contributed by atoms with Crippen LogP contribution in [0.15, 0.2) is 60.8 Å². The molecule has 2 aliphatic heterocycles. The maximum Gasteiger partial charge on any atom is 0.309 e. The van der Waals surface area contributed by atoms with E-state index in [1.54, 1.807) is 6.20 Å². The highest BCUT2D eigenvalue weighted by molar-refractivity contribution is 5.96. The molecule has 3 heterocycles. The minimum absolute atomic E-state index is 0.0917. The summed E-state index contributed by atoms with van der Waals surface area (Å²) >= 11 is 0. The summed E-state index contributed by atoms with van der Waals surface area (Å²) < 4.78 is 21.1. The molecule has 3 N–H and O–H groups in total. The Kier molecular flexibility index (Phi) is 7.58. The van der Waals surface area contributed by atoms with Crippen LogP contribution in [0.3, 0.4) is 0 Å². The Labute approximate surface area is 249 Å². The number of nitrogens with one attached hydrogen (secondary N) is 2. The molecule has 1 saturated heterocycles. The first-order valence-corrected chi connectivity index (χ1v) is 14.3. The third-order valence-corrected chi connectivity index (χ3v) is 8.51. The molecule has 0 radical (unpaired) electrons. The Balaban J connectivity index is 1.29. The number of methoxy groups -OCH3 is 1. The number of nitrogens with zero attached hydrogens (tertiary/aromatic N) is 2. The van der Waals surface area contributed by atoms with Crippen LogP contribution < -0.4 is 15.4 Å². The molecule has 220 valence electrons. The quantitative estimate of drug-likeness (QED) is 0.245. The zero-order valence-electron chi connectivity index (χ0n) is 24.3. The van der Waals surface area contributed by atoms with Crippen molar-refractivity contribution in [3.63, 3.8) is 0 Å². The Bertz CT molecular complexity index is 1750. The Hall–Kier alpha value is -4.76. The smallest absolute Gasteiger partial charge is 0.309 e. The fourth-order valence-corrected chi connectivity index (χ4v) is 6.00. The number of hydrogen-bond acceptors (Lipinski definition) is 6. The zero-order valence-corrected chi connectivity index (χ0v) is 24.3. The fourth-order valence-electron chi connectivity index (χ4n) is 6.00. The Morgan fingerprint density at radius 1 is 1.07 bits per heavy atom. The van der Waals surface area contributed by atoms with E-state index in [0.717, 1.165) is 45.5 Å². The second-order valence-electron chi connectivity index (χ2n) is 11.2. The molecule has 4 aromatic rings. The summed E-state index contributed by atoms with van der Waals surface area (Å²) in [6, 6.07) is 17.4. The Morgan fingerprint density at radius 2 is 1.79 bits per heavy atom. The lowest BCUT2D eigenvalue weighted by molar-refractivity contribution is -0.147. The molecule has 2 aliphatic rings. The lowest BCUT2D eigenvalue weighted by Crippen LogP contribution is -2.49. The van der Waals surface area contributed by atoms with E-state index in [1.807, 2.05) is 48.2 Å². The van der Waals surface area contributed by atoms with Crippen molar-refractivity contribution in [3.05, 3.63) is 94.4 Å². The van der Waals surface area contributed by atoms with Crippen molar-refractivity contribution < 1.29 is 23.8 Å². The molecular weight excluding hydrogens is 547 g/mol. The maximum absolute atomic E-state index is 15.5. The van der Waals surface area contributed by atoms with Crippen LogP contribution in [0.1, 0.15) is 32.6 Å². The van der Waals surface area contributed by atoms with Crippen molar-refractivity contribution in [2.45, 2.75) is 26.8 Å². The highest BCUT2D eigenvalue weighted by Crippen LogP contribution is 2.38. The summed E-state index contributed by atoms with van der Waals surface area (Å²) in [4.78, 5) is 29.7. The van der Waals surface area contributed by atoms with Crippen LogP contribution in [0, 0.1) is 25.6 Å². The van der Waals surface area contributed by atoms with Gasteiger partial charge in [-0.05, 0) is 83.5 Å². The molecule has 1 amide bonds. The number of halogens is 1. The van der Waals surface area contributed by atoms with Crippen molar-refractivity contribution in [2.24, 2.45) is 5.92 Å². The fraction of sp³-hybridized carbons (Fsp3) is 0.265. The molecule has 8 nitrogen and oxygen atoms in total. The largest absolute Gasteiger partial charge is 0.496 e. The van der Waals surface area contributed by atoms with E-state index < -0.39 is 11.9 Å². The van der Waals surface area contributed by atoms with Crippen LogP contribution in [0.5, 0.6) is 5.75 Å². The molecule has 0 unspecified atom stereocenters. The van der Waals surface area contributed by atoms with Crippen LogP contribution in [-0.2, 0) is 17.8 Å². The number of likely N-dealkylation sites (tertiary alicyclic amines) is 1.